The van der Waals surface area contributed by atoms with Crippen molar-refractivity contribution in [3.05, 3.63) is 249 Å². The van der Waals surface area contributed by atoms with Gasteiger partial charge in [0.25, 0.3) is 0 Å². The summed E-state index contributed by atoms with van der Waals surface area (Å²) in [6, 6.07) is 91.1. The highest BCUT2D eigenvalue weighted by atomic mass is 15.1. The second-order valence-electron chi connectivity index (χ2n) is 16.4. The summed E-state index contributed by atoms with van der Waals surface area (Å²) in [5.74, 6) is 0. The van der Waals surface area contributed by atoms with E-state index in [2.05, 4.69) is 254 Å². The van der Waals surface area contributed by atoms with Crippen molar-refractivity contribution >= 4 is 70.9 Å². The fourth-order valence-electron chi connectivity index (χ4n) is 9.83. The third kappa shape index (κ3) is 6.42. The van der Waals surface area contributed by atoms with Gasteiger partial charge in [0.15, 0.2) is 0 Å². The number of rotatable bonds is 7. The summed E-state index contributed by atoms with van der Waals surface area (Å²) in [5.41, 5.74) is 13.0. The maximum absolute atomic E-state index is 2.42. The number of hydrogen-bond donors (Lipinski definition) is 0. The lowest BCUT2D eigenvalue weighted by Gasteiger charge is -2.27. The average molecular weight is 800 g/mol. The van der Waals surface area contributed by atoms with Crippen molar-refractivity contribution in [1.82, 2.24) is 0 Å². The molecule has 0 heterocycles. The molecule has 0 spiro atoms. The van der Waals surface area contributed by atoms with Crippen molar-refractivity contribution in [3.8, 4) is 44.5 Å². The van der Waals surface area contributed by atoms with Crippen molar-refractivity contribution in [2.24, 2.45) is 0 Å². The van der Waals surface area contributed by atoms with Gasteiger partial charge in [-0.05, 0) is 147 Å². The molecule has 0 saturated carbocycles. The van der Waals surface area contributed by atoms with Gasteiger partial charge in [-0.3, -0.25) is 0 Å². The van der Waals surface area contributed by atoms with Crippen molar-refractivity contribution in [2.75, 3.05) is 4.90 Å². The molecule has 0 unspecified atom stereocenters. The molecule has 63 heavy (non-hydrogen) atoms. The average Bonchev–Trinajstić information content (AvgIpc) is 3.36. The zero-order valence-corrected chi connectivity index (χ0v) is 34.6. The minimum Gasteiger partial charge on any atom is -0.310 e. The van der Waals surface area contributed by atoms with E-state index in [0.29, 0.717) is 0 Å². The van der Waals surface area contributed by atoms with E-state index in [4.69, 9.17) is 0 Å². The topological polar surface area (TPSA) is 3.24 Å². The lowest BCUT2D eigenvalue weighted by Crippen LogP contribution is -2.10. The molecular formula is C62H41N. The molecule has 0 aromatic heterocycles. The maximum atomic E-state index is 2.42. The van der Waals surface area contributed by atoms with Gasteiger partial charge in [-0.15, -0.1) is 0 Å². The van der Waals surface area contributed by atoms with Crippen molar-refractivity contribution in [3.63, 3.8) is 0 Å². The molecule has 1 nitrogen and oxygen atoms in total. The predicted octanol–water partition coefficient (Wildman–Crippen LogP) is 17.6. The van der Waals surface area contributed by atoms with E-state index in [1.165, 1.54) is 98.4 Å². The third-order valence-electron chi connectivity index (χ3n) is 12.8. The zero-order valence-electron chi connectivity index (χ0n) is 34.6. The number of anilines is 3. The second kappa shape index (κ2) is 15.3. The van der Waals surface area contributed by atoms with E-state index >= 15 is 0 Å². The molecule has 12 aromatic carbocycles. The molecule has 0 aliphatic rings. The zero-order chi connectivity index (χ0) is 41.7. The summed E-state index contributed by atoms with van der Waals surface area (Å²) in [6.07, 6.45) is 0. The smallest absolute Gasteiger partial charge is 0.0468 e. The molecular weight excluding hydrogens is 759 g/mol. The van der Waals surface area contributed by atoms with Crippen LogP contribution in [0.25, 0.3) is 98.4 Å². The summed E-state index contributed by atoms with van der Waals surface area (Å²) in [4.78, 5) is 2.41. The van der Waals surface area contributed by atoms with E-state index in [1.807, 2.05) is 0 Å². The van der Waals surface area contributed by atoms with Crippen LogP contribution in [0.15, 0.2) is 249 Å². The van der Waals surface area contributed by atoms with Crippen LogP contribution < -0.4 is 4.90 Å². The Morgan fingerprint density at radius 3 is 1.33 bits per heavy atom. The molecule has 294 valence electrons. The normalized spacial score (nSPS) is 11.5. The van der Waals surface area contributed by atoms with Crippen LogP contribution in [0.2, 0.25) is 0 Å². The van der Waals surface area contributed by atoms with Crippen LogP contribution in [0.1, 0.15) is 0 Å². The van der Waals surface area contributed by atoms with Crippen LogP contribution in [0.3, 0.4) is 0 Å². The summed E-state index contributed by atoms with van der Waals surface area (Å²) >= 11 is 0. The highest BCUT2D eigenvalue weighted by molar-refractivity contribution is 6.22. The lowest BCUT2D eigenvalue weighted by atomic mass is 9.85. The molecule has 0 amide bonds. The van der Waals surface area contributed by atoms with Crippen LogP contribution >= 0.6 is 0 Å². The molecule has 0 saturated heterocycles. The van der Waals surface area contributed by atoms with E-state index in [-0.39, 0.29) is 0 Å². The molecule has 0 bridgehead atoms. The van der Waals surface area contributed by atoms with Crippen LogP contribution in [-0.2, 0) is 0 Å². The van der Waals surface area contributed by atoms with Crippen molar-refractivity contribution < 1.29 is 0 Å². The fraction of sp³-hybridized carbons (Fsp3) is 0. The van der Waals surface area contributed by atoms with E-state index in [9.17, 15) is 0 Å². The van der Waals surface area contributed by atoms with Gasteiger partial charge in [-0.2, -0.15) is 0 Å². The first-order valence-corrected chi connectivity index (χ1v) is 21.7. The van der Waals surface area contributed by atoms with Crippen LogP contribution in [-0.4, -0.2) is 0 Å². The minimum absolute atomic E-state index is 1.09. The van der Waals surface area contributed by atoms with Gasteiger partial charge < -0.3 is 4.90 Å². The second-order valence-corrected chi connectivity index (χ2v) is 16.4. The van der Waals surface area contributed by atoms with Crippen LogP contribution in [0, 0.1) is 0 Å². The molecule has 1 heteroatoms. The maximum Gasteiger partial charge on any atom is 0.0468 e. The first-order valence-electron chi connectivity index (χ1n) is 21.7. The molecule has 0 radical (unpaired) electrons. The van der Waals surface area contributed by atoms with Gasteiger partial charge in [-0.1, -0.05) is 200 Å². The van der Waals surface area contributed by atoms with Crippen LogP contribution in [0.4, 0.5) is 17.1 Å². The van der Waals surface area contributed by atoms with Crippen molar-refractivity contribution in [1.29, 1.82) is 0 Å². The monoisotopic (exact) mass is 799 g/mol. The summed E-state index contributed by atoms with van der Waals surface area (Å²) < 4.78 is 0. The third-order valence-corrected chi connectivity index (χ3v) is 12.8. The van der Waals surface area contributed by atoms with Gasteiger partial charge in [0.2, 0.25) is 0 Å². The van der Waals surface area contributed by atoms with Gasteiger partial charge >= 0.3 is 0 Å². The summed E-state index contributed by atoms with van der Waals surface area (Å²) in [5, 5.41) is 12.5. The van der Waals surface area contributed by atoms with Crippen LogP contribution in [0.5, 0.6) is 0 Å². The highest BCUT2D eigenvalue weighted by Gasteiger charge is 2.21. The SMILES string of the molecule is c1ccc(-c2c(-c3ccccc3)c3cc(N(c4ccc(-c5ccc6ccccc6c5)cc4)c4ccc(-c5cc6ccccc6c6ccccc56)cc4)ccc3c3ccccc23)cc1. The molecule has 0 N–H and O–H groups in total. The molecule has 0 aliphatic heterocycles. The predicted molar refractivity (Wildman–Crippen MR) is 270 cm³/mol. The highest BCUT2D eigenvalue weighted by Crippen LogP contribution is 2.47. The Hall–Kier alpha value is -8.26. The molecule has 12 rings (SSSR count). The van der Waals surface area contributed by atoms with Crippen molar-refractivity contribution in [2.45, 2.75) is 0 Å². The molecule has 0 fully saturated rings. The molecule has 0 aliphatic carbocycles. The number of nitrogens with zero attached hydrogens (tertiary/aromatic N) is 1. The fourth-order valence-corrected chi connectivity index (χ4v) is 9.83. The Labute approximate surface area is 367 Å². The minimum atomic E-state index is 1.09. The van der Waals surface area contributed by atoms with Gasteiger partial charge in [0.05, 0.1) is 0 Å². The first kappa shape index (κ1) is 36.6. The number of benzene rings is 12. The van der Waals surface area contributed by atoms with Gasteiger partial charge in [0, 0.05) is 17.1 Å². The Balaban J connectivity index is 1.06. The molecule has 12 aromatic rings. The largest absolute Gasteiger partial charge is 0.310 e. The summed E-state index contributed by atoms with van der Waals surface area (Å²) in [7, 11) is 0. The number of fused-ring (bicyclic) bond motifs is 7. The van der Waals surface area contributed by atoms with E-state index < -0.39 is 0 Å². The van der Waals surface area contributed by atoms with E-state index in [1.54, 1.807) is 0 Å². The van der Waals surface area contributed by atoms with Gasteiger partial charge in [-0.25, -0.2) is 0 Å². The number of hydrogen-bond acceptors (Lipinski definition) is 1. The van der Waals surface area contributed by atoms with E-state index in [0.717, 1.165) is 17.1 Å². The van der Waals surface area contributed by atoms with Gasteiger partial charge in [0.1, 0.15) is 0 Å². The first-order chi connectivity index (χ1) is 31.2. The Morgan fingerprint density at radius 2 is 0.667 bits per heavy atom. The Bertz CT molecular complexity index is 3650. The molecule has 0 atom stereocenters. The quantitative estimate of drug-likeness (QED) is 0.145. The Morgan fingerprint density at radius 1 is 0.206 bits per heavy atom. The Kier molecular flexibility index (Phi) is 8.90. The summed E-state index contributed by atoms with van der Waals surface area (Å²) in [6.45, 7) is 0. The lowest BCUT2D eigenvalue weighted by molar-refractivity contribution is 1.29. The standard InChI is InChI=1S/C62H41N/c1-3-16-45(17-4-1)61-58-26-14-13-24-55(58)57-38-37-52(41-60(57)62(61)46-18-5-2-6-19-46)63(50-33-29-43(30-34-50)48-28-27-42-15-7-8-20-47(42)39-48)51-35-31-44(32-36-51)59-40-49-21-9-10-22-53(49)54-23-11-12-25-56(54)59/h1-41H.